The second-order valence-corrected chi connectivity index (χ2v) is 5.22. The number of hydrogen-bond donors (Lipinski definition) is 1. The average Bonchev–Trinajstić information content (AvgIpc) is 2.17. The Morgan fingerprint density at radius 3 is 2.50 bits per heavy atom. The molecule has 1 nitrogen and oxygen atoms in total. The molecule has 0 aliphatic carbocycles. The van der Waals surface area contributed by atoms with Crippen molar-refractivity contribution in [3.63, 3.8) is 0 Å². The molecule has 2 rings (SSSR count). The average molecular weight is 208 g/mol. The topological polar surface area (TPSA) is 20.2 Å². The molecule has 1 aromatic rings. The molecule has 1 fully saturated rings. The van der Waals surface area contributed by atoms with Crippen LogP contribution in [0.5, 0.6) is 0 Å². The summed E-state index contributed by atoms with van der Waals surface area (Å²) in [6.45, 7) is 2.19. The standard InChI is InChI=1S/C12H16OS/c1-10(7-12(13)8-14-9-12)11-5-3-2-4-6-11/h2-6,10,13H,7-9H2,1H3. The molecule has 1 aliphatic rings. The fourth-order valence-electron chi connectivity index (χ4n) is 1.92. The van der Waals surface area contributed by atoms with Gasteiger partial charge in [-0.2, -0.15) is 11.8 Å². The van der Waals surface area contributed by atoms with Gasteiger partial charge in [-0.15, -0.1) is 0 Å². The second-order valence-electron chi connectivity index (χ2n) is 4.23. The van der Waals surface area contributed by atoms with Gasteiger partial charge in [-0.3, -0.25) is 0 Å². The largest absolute Gasteiger partial charge is 0.388 e. The van der Waals surface area contributed by atoms with Crippen molar-refractivity contribution in [1.82, 2.24) is 0 Å². The molecule has 2 heteroatoms. The van der Waals surface area contributed by atoms with Crippen molar-refractivity contribution in [2.24, 2.45) is 0 Å². The Bertz CT molecular complexity index is 292. The van der Waals surface area contributed by atoms with E-state index in [1.165, 1.54) is 5.56 Å². The van der Waals surface area contributed by atoms with Gasteiger partial charge in [0.05, 0.1) is 5.60 Å². The Morgan fingerprint density at radius 2 is 2.00 bits per heavy atom. The number of rotatable bonds is 3. The molecule has 0 saturated carbocycles. The van der Waals surface area contributed by atoms with Gasteiger partial charge in [0.25, 0.3) is 0 Å². The normalized spacial score (nSPS) is 21.3. The Morgan fingerprint density at radius 1 is 1.36 bits per heavy atom. The van der Waals surface area contributed by atoms with Crippen LogP contribution in [0.4, 0.5) is 0 Å². The van der Waals surface area contributed by atoms with Crippen LogP contribution in [-0.2, 0) is 0 Å². The van der Waals surface area contributed by atoms with E-state index in [0.717, 1.165) is 17.9 Å². The van der Waals surface area contributed by atoms with Gasteiger partial charge in [-0.25, -0.2) is 0 Å². The van der Waals surface area contributed by atoms with Gasteiger partial charge in [0.2, 0.25) is 0 Å². The van der Waals surface area contributed by atoms with E-state index < -0.39 is 0 Å². The van der Waals surface area contributed by atoms with E-state index in [1.807, 2.05) is 17.8 Å². The Balaban J connectivity index is 1.99. The predicted octanol–water partition coefficient (Wildman–Crippen LogP) is 2.66. The smallest absolute Gasteiger partial charge is 0.0833 e. The SMILES string of the molecule is CC(CC1(O)CSC1)c1ccccc1. The summed E-state index contributed by atoms with van der Waals surface area (Å²) in [5.41, 5.74) is 0.942. The zero-order chi connectivity index (χ0) is 10.0. The number of thioether (sulfide) groups is 1. The van der Waals surface area contributed by atoms with Crippen LogP contribution in [0.15, 0.2) is 30.3 Å². The highest BCUT2D eigenvalue weighted by atomic mass is 32.2. The van der Waals surface area contributed by atoms with Crippen molar-refractivity contribution in [3.05, 3.63) is 35.9 Å². The minimum Gasteiger partial charge on any atom is -0.388 e. The molecule has 14 heavy (non-hydrogen) atoms. The third-order valence-electron chi connectivity index (χ3n) is 2.80. The maximum atomic E-state index is 10.0. The van der Waals surface area contributed by atoms with Gasteiger partial charge in [0.1, 0.15) is 0 Å². The Hall–Kier alpha value is -0.470. The maximum absolute atomic E-state index is 10.0. The van der Waals surface area contributed by atoms with Gasteiger partial charge in [-0.05, 0) is 17.9 Å². The Kier molecular flexibility index (Phi) is 2.84. The monoisotopic (exact) mass is 208 g/mol. The lowest BCUT2D eigenvalue weighted by molar-refractivity contribution is 0.0631. The molecule has 0 amide bonds. The highest BCUT2D eigenvalue weighted by molar-refractivity contribution is 8.00. The molecule has 76 valence electrons. The zero-order valence-corrected chi connectivity index (χ0v) is 9.26. The first-order valence-corrected chi connectivity index (χ1v) is 6.20. The number of hydrogen-bond acceptors (Lipinski definition) is 2. The molecule has 1 unspecified atom stereocenters. The lowest BCUT2D eigenvalue weighted by Gasteiger charge is -2.38. The minimum absolute atomic E-state index is 0.389. The summed E-state index contributed by atoms with van der Waals surface area (Å²) in [7, 11) is 0. The third kappa shape index (κ3) is 2.12. The van der Waals surface area contributed by atoms with Crippen molar-refractivity contribution >= 4 is 11.8 Å². The molecule has 1 atom stereocenters. The molecule has 0 bridgehead atoms. The van der Waals surface area contributed by atoms with Crippen LogP contribution in [0.25, 0.3) is 0 Å². The first-order valence-electron chi connectivity index (χ1n) is 5.05. The molecule has 1 aliphatic heterocycles. The summed E-state index contributed by atoms with van der Waals surface area (Å²) in [4.78, 5) is 0. The van der Waals surface area contributed by atoms with E-state index in [1.54, 1.807) is 0 Å². The molecule has 0 aromatic heterocycles. The van der Waals surface area contributed by atoms with Crippen molar-refractivity contribution in [3.8, 4) is 0 Å². The molecule has 1 N–H and O–H groups in total. The molecule has 0 spiro atoms. The van der Waals surface area contributed by atoms with Crippen LogP contribution >= 0.6 is 11.8 Å². The van der Waals surface area contributed by atoms with Gasteiger partial charge < -0.3 is 5.11 Å². The van der Waals surface area contributed by atoms with E-state index in [0.29, 0.717) is 5.92 Å². The maximum Gasteiger partial charge on any atom is 0.0833 e. The highest BCUT2D eigenvalue weighted by Gasteiger charge is 2.36. The summed E-state index contributed by atoms with van der Waals surface area (Å²) < 4.78 is 0. The van der Waals surface area contributed by atoms with Crippen molar-refractivity contribution < 1.29 is 5.11 Å². The summed E-state index contributed by atoms with van der Waals surface area (Å²) in [5, 5.41) is 10.0. The molecule has 0 radical (unpaired) electrons. The minimum atomic E-state index is -0.389. The zero-order valence-electron chi connectivity index (χ0n) is 8.44. The number of benzene rings is 1. The molecule has 1 saturated heterocycles. The van der Waals surface area contributed by atoms with E-state index in [-0.39, 0.29) is 5.60 Å². The van der Waals surface area contributed by atoms with Crippen molar-refractivity contribution in [2.75, 3.05) is 11.5 Å². The first-order chi connectivity index (χ1) is 6.70. The van der Waals surface area contributed by atoms with Crippen molar-refractivity contribution in [1.29, 1.82) is 0 Å². The van der Waals surface area contributed by atoms with Gasteiger partial charge in [-0.1, -0.05) is 37.3 Å². The molecular weight excluding hydrogens is 192 g/mol. The second kappa shape index (κ2) is 3.95. The molecular formula is C12H16OS. The Labute approximate surface area is 89.5 Å². The summed E-state index contributed by atoms with van der Waals surface area (Å²) >= 11 is 1.83. The highest BCUT2D eigenvalue weighted by Crippen LogP contribution is 2.37. The van der Waals surface area contributed by atoms with Crippen molar-refractivity contribution in [2.45, 2.75) is 24.9 Å². The summed E-state index contributed by atoms with van der Waals surface area (Å²) in [6.07, 6.45) is 0.893. The number of aliphatic hydroxyl groups is 1. The van der Waals surface area contributed by atoms with Crippen LogP contribution in [0.3, 0.4) is 0 Å². The van der Waals surface area contributed by atoms with Crippen LogP contribution < -0.4 is 0 Å². The fourth-order valence-corrected chi connectivity index (χ4v) is 2.84. The van der Waals surface area contributed by atoms with Gasteiger partial charge in [0, 0.05) is 11.5 Å². The molecule has 1 heterocycles. The predicted molar refractivity (Wildman–Crippen MR) is 61.7 cm³/mol. The van der Waals surface area contributed by atoms with Crippen LogP contribution in [0.2, 0.25) is 0 Å². The lowest BCUT2D eigenvalue weighted by atomic mass is 9.89. The third-order valence-corrected chi connectivity index (χ3v) is 4.28. The van der Waals surface area contributed by atoms with E-state index in [9.17, 15) is 5.11 Å². The van der Waals surface area contributed by atoms with E-state index >= 15 is 0 Å². The van der Waals surface area contributed by atoms with Crippen LogP contribution in [-0.4, -0.2) is 22.2 Å². The van der Waals surface area contributed by atoms with Gasteiger partial charge in [0.15, 0.2) is 0 Å². The molecule has 1 aromatic carbocycles. The van der Waals surface area contributed by atoms with E-state index in [4.69, 9.17) is 0 Å². The van der Waals surface area contributed by atoms with Crippen LogP contribution in [0.1, 0.15) is 24.8 Å². The lowest BCUT2D eigenvalue weighted by Crippen LogP contribution is -2.44. The summed E-state index contributed by atoms with van der Waals surface area (Å²) in [6, 6.07) is 10.4. The first kappa shape index (κ1) is 10.1. The van der Waals surface area contributed by atoms with Crippen LogP contribution in [0, 0.1) is 0 Å². The quantitative estimate of drug-likeness (QED) is 0.824. The fraction of sp³-hybridized carbons (Fsp3) is 0.500. The van der Waals surface area contributed by atoms with E-state index in [2.05, 4.69) is 31.2 Å². The van der Waals surface area contributed by atoms with Gasteiger partial charge >= 0.3 is 0 Å². The summed E-state index contributed by atoms with van der Waals surface area (Å²) in [5.74, 6) is 2.27.